The maximum absolute atomic E-state index is 11.9. The molecule has 6 heteroatoms. The molecule has 1 N–H and O–H groups in total. The fourth-order valence-electron chi connectivity index (χ4n) is 1.58. The maximum atomic E-state index is 11.9. The fraction of sp³-hybridized carbons (Fsp3) is 0.667. The first-order chi connectivity index (χ1) is 7.22. The molecule has 15 heavy (non-hydrogen) atoms. The molecule has 0 unspecified atom stereocenters. The number of carbonyl (C=O) groups excluding carboxylic acids is 1. The topological polar surface area (TPSA) is 71.3 Å². The highest BCUT2D eigenvalue weighted by atomic mass is 16.5. The van der Waals surface area contributed by atoms with Gasteiger partial charge in [-0.15, -0.1) is 0 Å². The van der Waals surface area contributed by atoms with Gasteiger partial charge in [-0.25, -0.2) is 0 Å². The number of nitrogens with zero attached hydrogens (tertiary/aromatic N) is 3. The van der Waals surface area contributed by atoms with Crippen molar-refractivity contribution in [2.24, 2.45) is 0 Å². The third kappa shape index (κ3) is 1.85. The van der Waals surface area contributed by atoms with Crippen LogP contribution in [0.3, 0.4) is 0 Å². The molecule has 0 aliphatic carbocycles. The molecule has 1 amide bonds. The van der Waals surface area contributed by atoms with Gasteiger partial charge in [-0.2, -0.15) is 4.98 Å². The first-order valence-corrected chi connectivity index (χ1v) is 5.04. The first-order valence-electron chi connectivity index (χ1n) is 5.04. The van der Waals surface area contributed by atoms with Gasteiger partial charge < -0.3 is 14.7 Å². The normalized spacial score (nSPS) is 16.1. The molecule has 0 radical (unpaired) electrons. The van der Waals surface area contributed by atoms with E-state index in [9.17, 15) is 4.79 Å². The van der Waals surface area contributed by atoms with E-state index < -0.39 is 0 Å². The van der Waals surface area contributed by atoms with Gasteiger partial charge in [0.25, 0.3) is 11.7 Å². The van der Waals surface area contributed by atoms with Crippen molar-refractivity contribution in [3.05, 3.63) is 11.7 Å². The summed E-state index contributed by atoms with van der Waals surface area (Å²) in [6.45, 7) is 5.97. The molecule has 6 nitrogen and oxygen atoms in total. The number of aryl methyl sites for hydroxylation is 1. The van der Waals surface area contributed by atoms with Gasteiger partial charge >= 0.3 is 0 Å². The third-order valence-electron chi connectivity index (χ3n) is 2.52. The van der Waals surface area contributed by atoms with Crippen LogP contribution in [-0.4, -0.2) is 46.6 Å². The Hall–Kier alpha value is -1.43. The van der Waals surface area contributed by atoms with Crippen LogP contribution in [0.15, 0.2) is 4.52 Å². The second-order valence-electron chi connectivity index (χ2n) is 3.54. The second kappa shape index (κ2) is 3.98. The Balaban J connectivity index is 2.10. The van der Waals surface area contributed by atoms with Crippen molar-refractivity contribution in [1.82, 2.24) is 20.4 Å². The Bertz CT molecular complexity index is 359. The molecule has 1 aliphatic heterocycles. The summed E-state index contributed by atoms with van der Waals surface area (Å²) in [6.07, 6.45) is 0. The zero-order valence-electron chi connectivity index (χ0n) is 8.86. The molecule has 1 fully saturated rings. The lowest BCUT2D eigenvalue weighted by molar-refractivity contribution is 0.0614. The van der Waals surface area contributed by atoms with Crippen molar-refractivity contribution in [1.29, 1.82) is 0 Å². The van der Waals surface area contributed by atoms with E-state index in [2.05, 4.69) is 15.5 Å². The number of likely N-dealkylation sites (N-methyl/N-ethyl adjacent to an activating group) is 1. The highest BCUT2D eigenvalue weighted by Gasteiger charge is 2.30. The van der Waals surface area contributed by atoms with Crippen LogP contribution in [0.2, 0.25) is 0 Å². The monoisotopic (exact) mass is 210 g/mol. The van der Waals surface area contributed by atoms with E-state index in [0.29, 0.717) is 12.4 Å². The molecule has 2 heterocycles. The van der Waals surface area contributed by atoms with Gasteiger partial charge in [0.2, 0.25) is 5.89 Å². The van der Waals surface area contributed by atoms with Crippen LogP contribution in [0.5, 0.6) is 0 Å². The van der Waals surface area contributed by atoms with Crippen LogP contribution in [0, 0.1) is 6.92 Å². The number of carbonyl (C=O) groups is 1. The third-order valence-corrected chi connectivity index (χ3v) is 2.52. The molecule has 0 atom stereocenters. The van der Waals surface area contributed by atoms with Crippen molar-refractivity contribution < 1.29 is 9.32 Å². The molecule has 1 aromatic heterocycles. The lowest BCUT2D eigenvalue weighted by Gasteiger charge is -2.36. The quantitative estimate of drug-likeness (QED) is 0.748. The van der Waals surface area contributed by atoms with Gasteiger partial charge in [0, 0.05) is 26.6 Å². The van der Waals surface area contributed by atoms with Crippen LogP contribution in [0.25, 0.3) is 0 Å². The molecule has 1 aliphatic rings. The van der Waals surface area contributed by atoms with Crippen molar-refractivity contribution in [2.45, 2.75) is 19.9 Å². The molecule has 0 aromatic carbocycles. The van der Waals surface area contributed by atoms with Crippen LogP contribution < -0.4 is 5.32 Å². The summed E-state index contributed by atoms with van der Waals surface area (Å²) < 4.78 is 4.79. The van der Waals surface area contributed by atoms with Crippen LogP contribution in [-0.2, 0) is 0 Å². The summed E-state index contributed by atoms with van der Waals surface area (Å²) in [5, 5.41) is 6.76. The summed E-state index contributed by atoms with van der Waals surface area (Å²) in [5.74, 6) is 0.420. The number of amides is 1. The lowest BCUT2D eigenvalue weighted by atomic mass is 10.1. The summed E-state index contributed by atoms with van der Waals surface area (Å²) in [6, 6.07) is 0.265. The average molecular weight is 210 g/mol. The van der Waals surface area contributed by atoms with Gasteiger partial charge in [-0.1, -0.05) is 5.16 Å². The minimum Gasteiger partial charge on any atom is -0.339 e. The highest BCUT2D eigenvalue weighted by molar-refractivity contribution is 5.90. The minimum atomic E-state index is -0.152. The Morgan fingerprint density at radius 2 is 2.40 bits per heavy atom. The minimum absolute atomic E-state index is 0.152. The van der Waals surface area contributed by atoms with Crippen molar-refractivity contribution >= 4 is 5.91 Å². The molecular weight excluding hydrogens is 196 g/mol. The SMILES string of the molecule is CCN(C(=O)c1noc(C)n1)C1CNC1. The van der Waals surface area contributed by atoms with Crippen LogP contribution >= 0.6 is 0 Å². The van der Waals surface area contributed by atoms with E-state index >= 15 is 0 Å². The van der Waals surface area contributed by atoms with E-state index in [1.807, 2.05) is 6.92 Å². The zero-order chi connectivity index (χ0) is 10.8. The van der Waals surface area contributed by atoms with Gasteiger partial charge in [0.1, 0.15) is 0 Å². The number of rotatable bonds is 3. The summed E-state index contributed by atoms with van der Waals surface area (Å²) in [4.78, 5) is 17.6. The summed E-state index contributed by atoms with van der Waals surface area (Å²) in [7, 11) is 0. The van der Waals surface area contributed by atoms with Gasteiger partial charge in [0.15, 0.2) is 0 Å². The summed E-state index contributed by atoms with van der Waals surface area (Å²) in [5.41, 5.74) is 0. The van der Waals surface area contributed by atoms with Crippen LogP contribution in [0.4, 0.5) is 0 Å². The van der Waals surface area contributed by atoms with Crippen molar-refractivity contribution in [3.63, 3.8) is 0 Å². The van der Waals surface area contributed by atoms with Gasteiger partial charge in [0.05, 0.1) is 6.04 Å². The van der Waals surface area contributed by atoms with Crippen molar-refractivity contribution in [2.75, 3.05) is 19.6 Å². The van der Waals surface area contributed by atoms with E-state index in [4.69, 9.17) is 4.52 Å². The molecule has 1 aromatic rings. The number of hydrogen-bond donors (Lipinski definition) is 1. The Morgan fingerprint density at radius 3 is 2.80 bits per heavy atom. The standard InChI is InChI=1S/C9H14N4O2/c1-3-13(7-4-10-5-7)9(14)8-11-6(2)15-12-8/h7,10H,3-5H2,1-2H3. The largest absolute Gasteiger partial charge is 0.339 e. The molecule has 2 rings (SSSR count). The predicted molar refractivity (Wildman–Crippen MR) is 52.4 cm³/mol. The average Bonchev–Trinajstić information content (AvgIpc) is 2.57. The van der Waals surface area contributed by atoms with E-state index in [1.165, 1.54) is 0 Å². The first kappa shape index (κ1) is 10.1. The van der Waals surface area contributed by atoms with Gasteiger partial charge in [-0.05, 0) is 6.92 Å². The molecule has 0 saturated carbocycles. The molecular formula is C9H14N4O2. The van der Waals surface area contributed by atoms with E-state index in [0.717, 1.165) is 13.1 Å². The zero-order valence-corrected chi connectivity index (χ0v) is 8.86. The lowest BCUT2D eigenvalue weighted by Crippen LogP contribution is -2.58. The predicted octanol–water partition coefficient (Wildman–Crippen LogP) is -0.188. The Kier molecular flexibility index (Phi) is 2.68. The second-order valence-corrected chi connectivity index (χ2v) is 3.54. The maximum Gasteiger partial charge on any atom is 0.295 e. The van der Waals surface area contributed by atoms with E-state index in [1.54, 1.807) is 11.8 Å². The van der Waals surface area contributed by atoms with Gasteiger partial charge in [-0.3, -0.25) is 4.79 Å². The molecule has 0 bridgehead atoms. The smallest absolute Gasteiger partial charge is 0.295 e. The number of aromatic nitrogens is 2. The van der Waals surface area contributed by atoms with E-state index in [-0.39, 0.29) is 17.8 Å². The molecule has 1 saturated heterocycles. The molecule has 82 valence electrons. The fourth-order valence-corrected chi connectivity index (χ4v) is 1.58. The van der Waals surface area contributed by atoms with Crippen LogP contribution in [0.1, 0.15) is 23.4 Å². The summed E-state index contributed by atoms with van der Waals surface area (Å²) >= 11 is 0. The number of hydrogen-bond acceptors (Lipinski definition) is 5. The number of nitrogens with one attached hydrogen (secondary N) is 1. The highest BCUT2D eigenvalue weighted by Crippen LogP contribution is 2.09. The van der Waals surface area contributed by atoms with Crippen molar-refractivity contribution in [3.8, 4) is 0 Å². The Labute approximate surface area is 87.6 Å². The molecule has 0 spiro atoms. The Morgan fingerprint density at radius 1 is 1.67 bits per heavy atom.